The smallest absolute Gasteiger partial charge is 0.0621 e. The SMILES string of the molecule is Cc1cc(Nc2cccc(Br)c2)c(N)cc1Cl. The van der Waals surface area contributed by atoms with Crippen LogP contribution < -0.4 is 11.1 Å². The summed E-state index contributed by atoms with van der Waals surface area (Å²) < 4.78 is 1.02. The van der Waals surface area contributed by atoms with Crippen LogP contribution in [-0.4, -0.2) is 0 Å². The minimum Gasteiger partial charge on any atom is -0.397 e. The fourth-order valence-electron chi connectivity index (χ4n) is 1.53. The van der Waals surface area contributed by atoms with Gasteiger partial charge in [-0.2, -0.15) is 0 Å². The first-order chi connectivity index (χ1) is 8.06. The zero-order valence-corrected chi connectivity index (χ0v) is 11.6. The van der Waals surface area contributed by atoms with Gasteiger partial charge in [-0.1, -0.05) is 33.6 Å². The number of benzene rings is 2. The number of rotatable bonds is 2. The Hall–Kier alpha value is -1.19. The first kappa shape index (κ1) is 12.3. The van der Waals surface area contributed by atoms with Gasteiger partial charge in [0.15, 0.2) is 0 Å². The van der Waals surface area contributed by atoms with Gasteiger partial charge in [0.2, 0.25) is 0 Å². The molecule has 2 rings (SSSR count). The van der Waals surface area contributed by atoms with Crippen molar-refractivity contribution in [3.8, 4) is 0 Å². The predicted molar refractivity (Wildman–Crippen MR) is 78.0 cm³/mol. The number of hydrogen-bond acceptors (Lipinski definition) is 2. The second kappa shape index (κ2) is 4.98. The van der Waals surface area contributed by atoms with E-state index in [9.17, 15) is 0 Å². The average molecular weight is 312 g/mol. The molecule has 0 fully saturated rings. The Labute approximate surface area is 114 Å². The summed E-state index contributed by atoms with van der Waals surface area (Å²) >= 11 is 9.43. The molecule has 3 N–H and O–H groups in total. The quantitative estimate of drug-likeness (QED) is 0.786. The van der Waals surface area contributed by atoms with Gasteiger partial charge >= 0.3 is 0 Å². The van der Waals surface area contributed by atoms with Crippen molar-refractivity contribution in [1.29, 1.82) is 0 Å². The molecule has 2 aromatic rings. The van der Waals surface area contributed by atoms with E-state index in [-0.39, 0.29) is 0 Å². The third-order valence-corrected chi connectivity index (χ3v) is 3.33. The largest absolute Gasteiger partial charge is 0.397 e. The first-order valence-corrected chi connectivity index (χ1v) is 6.31. The van der Waals surface area contributed by atoms with E-state index >= 15 is 0 Å². The molecule has 88 valence electrons. The topological polar surface area (TPSA) is 38.0 Å². The Balaban J connectivity index is 2.33. The number of halogens is 2. The van der Waals surface area contributed by atoms with Gasteiger partial charge in [0.25, 0.3) is 0 Å². The third kappa shape index (κ3) is 2.93. The predicted octanol–water partition coefficient (Wildman–Crippen LogP) is 4.74. The highest BCUT2D eigenvalue weighted by Crippen LogP contribution is 2.29. The maximum absolute atomic E-state index is 6.00. The van der Waals surface area contributed by atoms with Crippen molar-refractivity contribution in [2.75, 3.05) is 11.1 Å². The van der Waals surface area contributed by atoms with Gasteiger partial charge in [-0.3, -0.25) is 0 Å². The van der Waals surface area contributed by atoms with Crippen molar-refractivity contribution in [3.05, 3.63) is 51.5 Å². The molecule has 0 heterocycles. The van der Waals surface area contributed by atoms with Gasteiger partial charge < -0.3 is 11.1 Å². The highest BCUT2D eigenvalue weighted by Gasteiger charge is 2.04. The van der Waals surface area contributed by atoms with Crippen molar-refractivity contribution in [3.63, 3.8) is 0 Å². The molecular weight excluding hydrogens is 300 g/mol. The summed E-state index contributed by atoms with van der Waals surface area (Å²) in [5.41, 5.74) is 9.40. The molecule has 0 bridgehead atoms. The highest BCUT2D eigenvalue weighted by atomic mass is 79.9. The summed E-state index contributed by atoms with van der Waals surface area (Å²) in [6, 6.07) is 11.6. The van der Waals surface area contributed by atoms with E-state index in [2.05, 4.69) is 21.2 Å². The Morgan fingerprint density at radius 2 is 2.00 bits per heavy atom. The first-order valence-electron chi connectivity index (χ1n) is 5.14. The molecule has 4 heteroatoms. The van der Waals surface area contributed by atoms with Gasteiger partial charge in [-0.25, -0.2) is 0 Å². The summed E-state index contributed by atoms with van der Waals surface area (Å²) in [7, 11) is 0. The van der Waals surface area contributed by atoms with Crippen molar-refractivity contribution in [2.45, 2.75) is 6.92 Å². The van der Waals surface area contributed by atoms with E-state index in [1.807, 2.05) is 37.3 Å². The summed E-state index contributed by atoms with van der Waals surface area (Å²) in [6.45, 7) is 1.95. The Bertz CT molecular complexity index is 555. The lowest BCUT2D eigenvalue weighted by atomic mass is 10.2. The molecule has 0 aliphatic rings. The highest BCUT2D eigenvalue weighted by molar-refractivity contribution is 9.10. The molecule has 2 aromatic carbocycles. The second-order valence-electron chi connectivity index (χ2n) is 3.82. The van der Waals surface area contributed by atoms with Gasteiger partial charge in [0.1, 0.15) is 0 Å². The zero-order chi connectivity index (χ0) is 12.4. The van der Waals surface area contributed by atoms with Gasteiger partial charge in [-0.15, -0.1) is 0 Å². The van der Waals surface area contributed by atoms with Crippen LogP contribution in [0.25, 0.3) is 0 Å². The van der Waals surface area contributed by atoms with Crippen LogP contribution >= 0.6 is 27.5 Å². The van der Waals surface area contributed by atoms with Crippen LogP contribution in [0, 0.1) is 6.92 Å². The van der Waals surface area contributed by atoms with Crippen LogP contribution in [0.1, 0.15) is 5.56 Å². The van der Waals surface area contributed by atoms with Crippen molar-refractivity contribution < 1.29 is 0 Å². The molecule has 17 heavy (non-hydrogen) atoms. The molecule has 0 unspecified atom stereocenters. The van der Waals surface area contributed by atoms with E-state index < -0.39 is 0 Å². The minimum absolute atomic E-state index is 0.639. The van der Waals surface area contributed by atoms with E-state index in [0.29, 0.717) is 10.7 Å². The van der Waals surface area contributed by atoms with Gasteiger partial charge in [-0.05, 0) is 42.8 Å². The molecule has 0 spiro atoms. The van der Waals surface area contributed by atoms with E-state index in [1.54, 1.807) is 6.07 Å². The lowest BCUT2D eigenvalue weighted by molar-refractivity contribution is 1.45. The van der Waals surface area contributed by atoms with Crippen molar-refractivity contribution in [1.82, 2.24) is 0 Å². The second-order valence-corrected chi connectivity index (χ2v) is 5.15. The van der Waals surface area contributed by atoms with Crippen LogP contribution in [0.5, 0.6) is 0 Å². The number of anilines is 3. The number of aryl methyl sites for hydroxylation is 1. The monoisotopic (exact) mass is 310 g/mol. The van der Waals surface area contributed by atoms with Crippen LogP contribution in [-0.2, 0) is 0 Å². The van der Waals surface area contributed by atoms with Crippen molar-refractivity contribution >= 4 is 44.6 Å². The summed E-state index contributed by atoms with van der Waals surface area (Å²) in [4.78, 5) is 0. The fraction of sp³-hybridized carbons (Fsp3) is 0.0769. The molecule has 0 aromatic heterocycles. The number of nitrogens with one attached hydrogen (secondary N) is 1. The van der Waals surface area contributed by atoms with Crippen LogP contribution in [0.4, 0.5) is 17.1 Å². The molecule has 0 amide bonds. The molecule has 0 radical (unpaired) electrons. The lowest BCUT2D eigenvalue weighted by Gasteiger charge is -2.11. The van der Waals surface area contributed by atoms with Crippen molar-refractivity contribution in [2.24, 2.45) is 0 Å². The number of hydrogen-bond donors (Lipinski definition) is 2. The van der Waals surface area contributed by atoms with E-state index in [4.69, 9.17) is 17.3 Å². The molecular formula is C13H12BrClN2. The normalized spacial score (nSPS) is 10.3. The third-order valence-electron chi connectivity index (χ3n) is 2.43. The summed E-state index contributed by atoms with van der Waals surface area (Å²) in [5.74, 6) is 0. The maximum atomic E-state index is 6.00. The van der Waals surface area contributed by atoms with Gasteiger partial charge in [0, 0.05) is 15.2 Å². The zero-order valence-electron chi connectivity index (χ0n) is 9.30. The Kier molecular flexibility index (Phi) is 3.60. The average Bonchev–Trinajstić information content (AvgIpc) is 2.26. The van der Waals surface area contributed by atoms with Gasteiger partial charge in [0.05, 0.1) is 11.4 Å². The minimum atomic E-state index is 0.639. The molecule has 0 saturated carbocycles. The van der Waals surface area contributed by atoms with Crippen LogP contribution in [0.3, 0.4) is 0 Å². The Morgan fingerprint density at radius 1 is 1.24 bits per heavy atom. The molecule has 2 nitrogen and oxygen atoms in total. The summed E-state index contributed by atoms with van der Waals surface area (Å²) in [5, 5.41) is 3.95. The Morgan fingerprint density at radius 3 is 2.71 bits per heavy atom. The van der Waals surface area contributed by atoms with E-state index in [1.165, 1.54) is 0 Å². The summed E-state index contributed by atoms with van der Waals surface area (Å²) in [6.07, 6.45) is 0. The van der Waals surface area contributed by atoms with E-state index in [0.717, 1.165) is 21.4 Å². The molecule has 0 saturated heterocycles. The molecule has 0 aliphatic carbocycles. The fourth-order valence-corrected chi connectivity index (χ4v) is 2.10. The number of nitrogens with two attached hydrogens (primary N) is 1. The van der Waals surface area contributed by atoms with Crippen LogP contribution in [0.15, 0.2) is 40.9 Å². The number of nitrogen functional groups attached to an aromatic ring is 1. The maximum Gasteiger partial charge on any atom is 0.0621 e. The van der Waals surface area contributed by atoms with Crippen LogP contribution in [0.2, 0.25) is 5.02 Å². The standard InChI is InChI=1S/C13H12BrClN2/c1-8-5-13(12(16)7-11(8)15)17-10-4-2-3-9(14)6-10/h2-7,17H,16H2,1H3. The molecule has 0 aliphatic heterocycles. The lowest BCUT2D eigenvalue weighted by Crippen LogP contribution is -1.97. The molecule has 0 atom stereocenters.